The maximum absolute atomic E-state index is 12.1. The number of carbonyl (C=O) groups excluding carboxylic acids is 1. The molecule has 8 nitrogen and oxygen atoms in total. The lowest BCUT2D eigenvalue weighted by atomic mass is 10.2. The fraction of sp³-hybridized carbons (Fsp3) is 0.353. The molecule has 9 heteroatoms. The van der Waals surface area contributed by atoms with Crippen LogP contribution in [0.25, 0.3) is 0 Å². The van der Waals surface area contributed by atoms with Gasteiger partial charge in [0.2, 0.25) is 5.91 Å². The molecule has 1 aliphatic rings. The van der Waals surface area contributed by atoms with Gasteiger partial charge in [0, 0.05) is 31.4 Å². The largest absolute Gasteiger partial charge is 0.383 e. The topological polar surface area (TPSA) is 119 Å². The van der Waals surface area contributed by atoms with Crippen LogP contribution >= 0.6 is 11.8 Å². The van der Waals surface area contributed by atoms with E-state index in [9.17, 15) is 4.79 Å². The van der Waals surface area contributed by atoms with E-state index in [-0.39, 0.29) is 23.3 Å². The van der Waals surface area contributed by atoms with Gasteiger partial charge in [0.1, 0.15) is 11.6 Å². The molecular weight excluding hydrogens is 352 g/mol. The maximum Gasteiger partial charge on any atom is 0.234 e. The summed E-state index contributed by atoms with van der Waals surface area (Å²) < 4.78 is 5.35. The van der Waals surface area contributed by atoms with Gasteiger partial charge in [0.15, 0.2) is 5.16 Å². The molecule has 0 saturated carbocycles. The van der Waals surface area contributed by atoms with Crippen LogP contribution in [0.2, 0.25) is 0 Å². The lowest BCUT2D eigenvalue weighted by molar-refractivity contribution is -0.113. The minimum Gasteiger partial charge on any atom is -0.383 e. The summed E-state index contributed by atoms with van der Waals surface area (Å²) in [5.41, 5.74) is 13.2. The van der Waals surface area contributed by atoms with Crippen LogP contribution in [0, 0.1) is 0 Å². The first-order chi connectivity index (χ1) is 12.6. The number of rotatable bonds is 6. The third-order valence-electron chi connectivity index (χ3n) is 3.83. The number of nitrogens with one attached hydrogen (secondary N) is 1. The number of hydrogen-bond donors (Lipinski definition) is 3. The average molecular weight is 374 g/mol. The molecule has 0 radical (unpaired) electrons. The van der Waals surface area contributed by atoms with E-state index in [0.717, 1.165) is 38.5 Å². The molecule has 3 rings (SSSR count). The highest BCUT2D eigenvalue weighted by atomic mass is 32.2. The van der Waals surface area contributed by atoms with E-state index in [4.69, 9.17) is 16.2 Å². The number of hydrogen-bond acceptors (Lipinski definition) is 8. The van der Waals surface area contributed by atoms with Crippen molar-refractivity contribution in [3.05, 3.63) is 35.9 Å². The molecular formula is C17H22N6O2S. The van der Waals surface area contributed by atoms with Crippen molar-refractivity contribution in [3.63, 3.8) is 0 Å². The number of ether oxygens (including phenoxy) is 1. The summed E-state index contributed by atoms with van der Waals surface area (Å²) in [6, 6.07) is 9.35. The summed E-state index contributed by atoms with van der Waals surface area (Å²) in [7, 11) is 0. The Hall–Kier alpha value is -2.36. The van der Waals surface area contributed by atoms with E-state index < -0.39 is 0 Å². The summed E-state index contributed by atoms with van der Waals surface area (Å²) in [5.74, 6) is 0.617. The Morgan fingerprint density at radius 3 is 2.46 bits per heavy atom. The van der Waals surface area contributed by atoms with Crippen LogP contribution < -0.4 is 16.8 Å². The van der Waals surface area contributed by atoms with Crippen molar-refractivity contribution in [3.8, 4) is 0 Å². The zero-order valence-corrected chi connectivity index (χ0v) is 15.2. The quantitative estimate of drug-likeness (QED) is 0.510. The van der Waals surface area contributed by atoms with Crippen LogP contribution in [0.1, 0.15) is 5.56 Å². The van der Waals surface area contributed by atoms with Gasteiger partial charge in [-0.3, -0.25) is 9.69 Å². The second-order valence-corrected chi connectivity index (χ2v) is 6.87. The molecule has 1 amide bonds. The molecule has 1 fully saturated rings. The number of nitrogens with two attached hydrogens (primary N) is 2. The van der Waals surface area contributed by atoms with Crippen LogP contribution in [0.15, 0.2) is 35.5 Å². The van der Waals surface area contributed by atoms with Gasteiger partial charge in [-0.25, -0.2) is 9.97 Å². The first-order valence-corrected chi connectivity index (χ1v) is 9.29. The van der Waals surface area contributed by atoms with Crippen molar-refractivity contribution >= 4 is 35.0 Å². The van der Waals surface area contributed by atoms with Gasteiger partial charge in [-0.1, -0.05) is 23.9 Å². The number of thioether (sulfide) groups is 1. The fourth-order valence-electron chi connectivity index (χ4n) is 2.56. The first kappa shape index (κ1) is 18.4. The van der Waals surface area contributed by atoms with Crippen molar-refractivity contribution in [2.24, 2.45) is 0 Å². The fourth-order valence-corrected chi connectivity index (χ4v) is 3.24. The third kappa shape index (κ3) is 5.58. The van der Waals surface area contributed by atoms with E-state index in [0.29, 0.717) is 5.16 Å². The minimum absolute atomic E-state index is 0.138. The van der Waals surface area contributed by atoms with Crippen molar-refractivity contribution in [1.82, 2.24) is 14.9 Å². The van der Waals surface area contributed by atoms with E-state index >= 15 is 0 Å². The predicted molar refractivity (Wildman–Crippen MR) is 103 cm³/mol. The van der Waals surface area contributed by atoms with E-state index in [1.165, 1.54) is 23.4 Å². The highest BCUT2D eigenvalue weighted by molar-refractivity contribution is 7.99. The van der Waals surface area contributed by atoms with E-state index in [2.05, 4.69) is 20.2 Å². The Morgan fingerprint density at radius 1 is 1.15 bits per heavy atom. The molecule has 0 aliphatic carbocycles. The maximum atomic E-state index is 12.1. The smallest absolute Gasteiger partial charge is 0.234 e. The van der Waals surface area contributed by atoms with Gasteiger partial charge in [0.25, 0.3) is 0 Å². The van der Waals surface area contributed by atoms with E-state index in [1.807, 2.05) is 24.3 Å². The molecule has 26 heavy (non-hydrogen) atoms. The zero-order chi connectivity index (χ0) is 18.4. The second kappa shape index (κ2) is 8.84. The van der Waals surface area contributed by atoms with Crippen molar-refractivity contribution < 1.29 is 9.53 Å². The van der Waals surface area contributed by atoms with Gasteiger partial charge in [-0.2, -0.15) is 0 Å². The number of nitrogen functional groups attached to an aromatic ring is 2. The molecule has 1 saturated heterocycles. The summed E-state index contributed by atoms with van der Waals surface area (Å²) >= 11 is 1.19. The van der Waals surface area contributed by atoms with Crippen LogP contribution in [0.5, 0.6) is 0 Å². The summed E-state index contributed by atoms with van der Waals surface area (Å²) in [4.78, 5) is 22.5. The molecule has 5 N–H and O–H groups in total. The predicted octanol–water partition coefficient (Wildman–Crippen LogP) is 1.20. The van der Waals surface area contributed by atoms with Crippen molar-refractivity contribution in [2.75, 3.05) is 48.8 Å². The summed E-state index contributed by atoms with van der Waals surface area (Å²) in [6.07, 6.45) is 0. The van der Waals surface area contributed by atoms with Gasteiger partial charge >= 0.3 is 0 Å². The normalized spacial score (nSPS) is 14.9. The summed E-state index contributed by atoms with van der Waals surface area (Å²) in [5, 5.41) is 3.25. The van der Waals surface area contributed by atoms with Crippen LogP contribution in [-0.2, 0) is 16.1 Å². The Balaban J connectivity index is 1.47. The third-order valence-corrected chi connectivity index (χ3v) is 4.67. The lowest BCUT2D eigenvalue weighted by Gasteiger charge is -2.26. The molecule has 0 bridgehead atoms. The minimum atomic E-state index is -0.138. The number of aromatic nitrogens is 2. The molecule has 2 aromatic rings. The first-order valence-electron chi connectivity index (χ1n) is 8.30. The van der Waals surface area contributed by atoms with Crippen LogP contribution in [0.4, 0.5) is 17.3 Å². The Morgan fingerprint density at radius 2 is 1.81 bits per heavy atom. The number of benzene rings is 1. The number of amides is 1. The number of anilines is 3. The molecule has 0 unspecified atom stereocenters. The zero-order valence-electron chi connectivity index (χ0n) is 14.4. The van der Waals surface area contributed by atoms with Crippen LogP contribution in [0.3, 0.4) is 0 Å². The lowest BCUT2D eigenvalue weighted by Crippen LogP contribution is -2.35. The standard InChI is InChI=1S/C17H22N6O2S/c18-14-9-15(19)22-17(21-14)26-11-16(24)20-13-3-1-12(2-4-13)10-23-5-7-25-8-6-23/h1-4,9H,5-8,10-11H2,(H,20,24)(H4,18,19,21,22). The highest BCUT2D eigenvalue weighted by Gasteiger charge is 2.11. The van der Waals surface area contributed by atoms with Crippen molar-refractivity contribution in [1.29, 1.82) is 0 Å². The molecule has 1 aromatic carbocycles. The molecule has 0 spiro atoms. The van der Waals surface area contributed by atoms with Gasteiger partial charge in [0.05, 0.1) is 19.0 Å². The molecule has 1 aromatic heterocycles. The molecule has 2 heterocycles. The molecule has 138 valence electrons. The van der Waals surface area contributed by atoms with Crippen molar-refractivity contribution in [2.45, 2.75) is 11.7 Å². The Kier molecular flexibility index (Phi) is 6.26. The highest BCUT2D eigenvalue weighted by Crippen LogP contribution is 2.17. The summed E-state index contributed by atoms with van der Waals surface area (Å²) in [6.45, 7) is 4.36. The van der Waals surface area contributed by atoms with Gasteiger partial charge in [-0.15, -0.1) is 0 Å². The van der Waals surface area contributed by atoms with E-state index in [1.54, 1.807) is 0 Å². The van der Waals surface area contributed by atoms with Gasteiger partial charge < -0.3 is 21.5 Å². The second-order valence-electron chi connectivity index (χ2n) is 5.92. The molecule has 1 aliphatic heterocycles. The van der Waals surface area contributed by atoms with Gasteiger partial charge in [-0.05, 0) is 17.7 Å². The number of morpholine rings is 1. The Bertz CT molecular complexity index is 729. The monoisotopic (exact) mass is 374 g/mol. The average Bonchev–Trinajstić information content (AvgIpc) is 2.62. The van der Waals surface area contributed by atoms with Crippen LogP contribution in [-0.4, -0.2) is 52.8 Å². The SMILES string of the molecule is Nc1cc(N)nc(SCC(=O)Nc2ccc(CN3CCOCC3)cc2)n1. The Labute approximate surface area is 156 Å². The molecule has 0 atom stereocenters. The number of carbonyl (C=O) groups is 1. The number of nitrogens with zero attached hydrogens (tertiary/aromatic N) is 3.